The van der Waals surface area contributed by atoms with Crippen molar-refractivity contribution >= 4 is 45.5 Å². The summed E-state index contributed by atoms with van der Waals surface area (Å²) in [6.45, 7) is 11.5. The van der Waals surface area contributed by atoms with Crippen molar-refractivity contribution in [1.82, 2.24) is 24.9 Å². The van der Waals surface area contributed by atoms with Gasteiger partial charge in [0.2, 0.25) is 0 Å². The second-order valence-corrected chi connectivity index (χ2v) is 13.9. The van der Waals surface area contributed by atoms with E-state index in [0.717, 1.165) is 53.8 Å². The van der Waals surface area contributed by atoms with Crippen LogP contribution in [0, 0.1) is 18.3 Å². The topological polar surface area (TPSA) is 94.7 Å². The Labute approximate surface area is 280 Å². The number of fused-ring (bicyclic) bond motifs is 1. The number of rotatable bonds is 8. The van der Waals surface area contributed by atoms with Crippen LogP contribution in [0.5, 0.6) is 0 Å². The highest BCUT2D eigenvalue weighted by Crippen LogP contribution is 2.37. The molecule has 0 bridgehead atoms. The first-order valence-corrected chi connectivity index (χ1v) is 16.3. The van der Waals surface area contributed by atoms with Crippen LogP contribution in [0.4, 0.5) is 11.4 Å². The molecule has 0 aliphatic carbocycles. The Balaban J connectivity index is 1.34. The minimum atomic E-state index is -0.358. The number of nitrogens with one attached hydrogen (secondary N) is 2. The van der Waals surface area contributed by atoms with Crippen LogP contribution >= 0.6 is 23.2 Å². The fourth-order valence-electron chi connectivity index (χ4n) is 6.21. The molecule has 1 saturated heterocycles. The summed E-state index contributed by atoms with van der Waals surface area (Å²) in [5.74, 6) is 0. The molecule has 1 fully saturated rings. The summed E-state index contributed by atoms with van der Waals surface area (Å²) in [7, 11) is 0. The van der Waals surface area contributed by atoms with Gasteiger partial charge in [-0.05, 0) is 75.9 Å². The van der Waals surface area contributed by atoms with Gasteiger partial charge in [-0.1, -0.05) is 70.4 Å². The molecule has 5 aromatic rings. The highest BCUT2D eigenvalue weighted by Gasteiger charge is 2.29. The maximum atomic E-state index is 9.98. The molecule has 0 amide bonds. The third-order valence-electron chi connectivity index (χ3n) is 8.72. The van der Waals surface area contributed by atoms with Crippen molar-refractivity contribution in [2.75, 3.05) is 23.7 Å². The minimum absolute atomic E-state index is 0.153. The zero-order chi connectivity index (χ0) is 32.4. The lowest BCUT2D eigenvalue weighted by Gasteiger charge is -2.40. The molecule has 236 valence electrons. The first kappa shape index (κ1) is 31.8. The van der Waals surface area contributed by atoms with Gasteiger partial charge in [0.15, 0.2) is 0 Å². The van der Waals surface area contributed by atoms with E-state index in [4.69, 9.17) is 28.2 Å². The highest BCUT2D eigenvalue weighted by atomic mass is 35.5. The first-order chi connectivity index (χ1) is 22.1. The largest absolute Gasteiger partial charge is 0.379 e. The van der Waals surface area contributed by atoms with Crippen LogP contribution in [0.2, 0.25) is 10.0 Å². The molecule has 2 N–H and O–H groups in total. The molecule has 1 aliphatic rings. The lowest BCUT2D eigenvalue weighted by molar-refractivity contribution is 0.0866. The lowest BCUT2D eigenvalue weighted by atomic mass is 9.98. The van der Waals surface area contributed by atoms with E-state index in [0.29, 0.717) is 33.4 Å². The van der Waals surface area contributed by atoms with Gasteiger partial charge < -0.3 is 10.6 Å². The van der Waals surface area contributed by atoms with E-state index >= 15 is 0 Å². The number of likely N-dealkylation sites (tertiary alicyclic amines) is 1. The molecule has 46 heavy (non-hydrogen) atoms. The van der Waals surface area contributed by atoms with Crippen molar-refractivity contribution in [3.05, 3.63) is 111 Å². The molecule has 3 heterocycles. The van der Waals surface area contributed by atoms with E-state index in [1.165, 1.54) is 5.56 Å². The number of nitriles is 1. The molecule has 0 unspecified atom stereocenters. The maximum absolute atomic E-state index is 9.98. The van der Waals surface area contributed by atoms with Crippen LogP contribution in [0.25, 0.3) is 10.9 Å². The quantitative estimate of drug-likeness (QED) is 0.173. The van der Waals surface area contributed by atoms with Crippen molar-refractivity contribution in [1.29, 1.82) is 5.26 Å². The van der Waals surface area contributed by atoms with E-state index in [-0.39, 0.29) is 17.6 Å². The second kappa shape index (κ2) is 13.3. The van der Waals surface area contributed by atoms with Crippen LogP contribution in [-0.2, 0) is 6.54 Å². The predicted molar refractivity (Wildman–Crippen MR) is 187 cm³/mol. The van der Waals surface area contributed by atoms with Crippen molar-refractivity contribution < 1.29 is 0 Å². The average molecular weight is 654 g/mol. The van der Waals surface area contributed by atoms with E-state index in [1.807, 2.05) is 53.3 Å². The molecule has 0 radical (unpaired) electrons. The van der Waals surface area contributed by atoms with Gasteiger partial charge in [0.25, 0.3) is 0 Å². The fraction of sp³-hybridized carbons (Fsp3) is 0.333. The molecule has 1 atom stereocenters. The molecule has 1 aliphatic heterocycles. The van der Waals surface area contributed by atoms with Gasteiger partial charge in [-0.2, -0.15) is 5.26 Å². The molecule has 8 nitrogen and oxygen atoms in total. The standard InChI is InChI=1S/C36H38Cl2N8/c1-23-6-5-7-24(16-23)20-40-33-26(19-39)21-41-35-30(33)17-28(38)18-31(35)42-34(25-8-10-27(37)11-9-25)32-22-46(44-43-32)29-12-14-45(15-13-29)36(2,3)4/h5-11,16-18,21-22,29,34,42H,12-15,20H2,1-4H3,(H,40,41)/t34-/m0/s1. The smallest absolute Gasteiger partial charge is 0.109 e. The number of aromatic nitrogens is 4. The SMILES string of the molecule is Cc1cccc(CNc2c(C#N)cnc3c(N[C@@H](c4ccc(Cl)cc4)c4cn(C5CCN(C(C)(C)C)CC5)nn4)cc(Cl)cc23)c1. The van der Waals surface area contributed by atoms with E-state index in [2.05, 4.69) is 77.8 Å². The van der Waals surface area contributed by atoms with Gasteiger partial charge in [-0.25, -0.2) is 4.68 Å². The Morgan fingerprint density at radius 1 is 1.02 bits per heavy atom. The van der Waals surface area contributed by atoms with Crippen LogP contribution < -0.4 is 10.6 Å². The molecule has 0 saturated carbocycles. The van der Waals surface area contributed by atoms with Crippen LogP contribution in [-0.4, -0.2) is 43.5 Å². The third kappa shape index (κ3) is 6.97. The summed E-state index contributed by atoms with van der Waals surface area (Å²) in [4.78, 5) is 7.26. The Morgan fingerprint density at radius 2 is 1.78 bits per heavy atom. The number of halogens is 2. The number of piperidine rings is 1. The lowest BCUT2D eigenvalue weighted by Crippen LogP contribution is -2.46. The number of pyridine rings is 1. The molecule has 6 rings (SSSR count). The Morgan fingerprint density at radius 3 is 2.48 bits per heavy atom. The summed E-state index contributed by atoms with van der Waals surface area (Å²) in [6.07, 6.45) is 5.69. The van der Waals surface area contributed by atoms with E-state index in [1.54, 1.807) is 6.20 Å². The predicted octanol–water partition coefficient (Wildman–Crippen LogP) is 8.56. The van der Waals surface area contributed by atoms with Gasteiger partial charge >= 0.3 is 0 Å². The number of nitrogens with zero attached hydrogens (tertiary/aromatic N) is 6. The first-order valence-electron chi connectivity index (χ1n) is 15.6. The highest BCUT2D eigenvalue weighted by molar-refractivity contribution is 6.32. The third-order valence-corrected chi connectivity index (χ3v) is 9.19. The van der Waals surface area contributed by atoms with Crippen LogP contribution in [0.15, 0.2) is 73.1 Å². The summed E-state index contributed by atoms with van der Waals surface area (Å²) in [5, 5.41) is 28.3. The monoisotopic (exact) mass is 652 g/mol. The fourth-order valence-corrected chi connectivity index (χ4v) is 6.55. The molecule has 10 heteroatoms. The Bertz CT molecular complexity index is 1880. The van der Waals surface area contributed by atoms with Gasteiger partial charge in [0.05, 0.1) is 40.7 Å². The number of hydrogen-bond donors (Lipinski definition) is 2. The summed E-state index contributed by atoms with van der Waals surface area (Å²) in [6, 6.07) is 21.9. The maximum Gasteiger partial charge on any atom is 0.109 e. The molecular formula is C36H38Cl2N8. The van der Waals surface area contributed by atoms with E-state index in [9.17, 15) is 5.26 Å². The molecule has 2 aromatic heterocycles. The van der Waals surface area contributed by atoms with Gasteiger partial charge in [-0.15, -0.1) is 5.10 Å². The molecule has 3 aromatic carbocycles. The van der Waals surface area contributed by atoms with Gasteiger partial charge in [-0.3, -0.25) is 9.88 Å². The minimum Gasteiger partial charge on any atom is -0.379 e. The normalized spacial score (nSPS) is 15.1. The van der Waals surface area contributed by atoms with Crippen LogP contribution in [0.3, 0.4) is 0 Å². The van der Waals surface area contributed by atoms with Crippen molar-refractivity contribution in [3.63, 3.8) is 0 Å². The zero-order valence-corrected chi connectivity index (χ0v) is 28.1. The van der Waals surface area contributed by atoms with Gasteiger partial charge in [0.1, 0.15) is 11.8 Å². The van der Waals surface area contributed by atoms with Crippen LogP contribution in [0.1, 0.15) is 73.6 Å². The van der Waals surface area contributed by atoms with Gasteiger partial charge in [0, 0.05) is 46.8 Å². The number of benzene rings is 3. The zero-order valence-electron chi connectivity index (χ0n) is 26.6. The van der Waals surface area contributed by atoms with E-state index < -0.39 is 0 Å². The van der Waals surface area contributed by atoms with Crippen molar-refractivity contribution in [2.45, 2.75) is 64.7 Å². The van der Waals surface area contributed by atoms with Crippen molar-refractivity contribution in [3.8, 4) is 6.07 Å². The number of anilines is 2. The Kier molecular flexibility index (Phi) is 9.19. The Hall–Kier alpha value is -4.16. The summed E-state index contributed by atoms with van der Waals surface area (Å²) >= 11 is 13.0. The summed E-state index contributed by atoms with van der Waals surface area (Å²) < 4.78 is 2.01. The molecular weight excluding hydrogens is 615 g/mol. The summed E-state index contributed by atoms with van der Waals surface area (Å²) in [5.41, 5.74) is 6.74. The van der Waals surface area contributed by atoms with Crippen molar-refractivity contribution in [2.24, 2.45) is 0 Å². The molecule has 0 spiro atoms. The number of aryl methyl sites for hydroxylation is 1. The number of hydrogen-bond acceptors (Lipinski definition) is 7. The average Bonchev–Trinajstić information content (AvgIpc) is 3.52. The second-order valence-electron chi connectivity index (χ2n) is 13.0.